The van der Waals surface area contributed by atoms with Crippen LogP contribution in [0.5, 0.6) is 5.75 Å². The number of rotatable bonds is 4. The van der Waals surface area contributed by atoms with E-state index in [0.717, 1.165) is 25.4 Å². The van der Waals surface area contributed by atoms with Crippen molar-refractivity contribution in [2.24, 2.45) is 0 Å². The first-order valence-corrected chi connectivity index (χ1v) is 5.84. The van der Waals surface area contributed by atoms with E-state index in [2.05, 4.69) is 29.4 Å². The number of ether oxygens (including phenoxy) is 1. The van der Waals surface area contributed by atoms with Crippen molar-refractivity contribution in [3.63, 3.8) is 0 Å². The third-order valence-corrected chi connectivity index (χ3v) is 3.27. The molecular formula is C13H21ClN2O. The minimum Gasteiger partial charge on any atom is -0.496 e. The zero-order chi connectivity index (χ0) is 11.4. The Balaban J connectivity index is 0.00000144. The highest BCUT2D eigenvalue weighted by atomic mass is 35.5. The van der Waals surface area contributed by atoms with Gasteiger partial charge in [-0.2, -0.15) is 0 Å². The predicted octanol–water partition coefficient (Wildman–Crippen LogP) is 1.91. The molecule has 0 saturated carbocycles. The molecule has 1 aliphatic rings. The van der Waals surface area contributed by atoms with Crippen LogP contribution >= 0.6 is 12.4 Å². The molecule has 1 unspecified atom stereocenters. The van der Waals surface area contributed by atoms with Crippen LogP contribution in [0.15, 0.2) is 24.3 Å². The molecule has 0 amide bonds. The van der Waals surface area contributed by atoms with Gasteiger partial charge in [-0.25, -0.2) is 0 Å². The molecule has 17 heavy (non-hydrogen) atoms. The Labute approximate surface area is 110 Å². The normalized spacial score (nSPS) is 19.1. The number of para-hydroxylation sites is 1. The Morgan fingerprint density at radius 2 is 2.18 bits per heavy atom. The average molecular weight is 257 g/mol. The van der Waals surface area contributed by atoms with Crippen LogP contribution in [0.3, 0.4) is 0 Å². The summed E-state index contributed by atoms with van der Waals surface area (Å²) < 4.78 is 5.37. The van der Waals surface area contributed by atoms with Gasteiger partial charge in [0.2, 0.25) is 0 Å². The second-order valence-electron chi connectivity index (χ2n) is 4.37. The van der Waals surface area contributed by atoms with E-state index in [9.17, 15) is 0 Å². The topological polar surface area (TPSA) is 24.5 Å². The molecule has 4 heteroatoms. The summed E-state index contributed by atoms with van der Waals surface area (Å²) in [7, 11) is 3.92. The molecule has 3 nitrogen and oxygen atoms in total. The van der Waals surface area contributed by atoms with Crippen molar-refractivity contribution in [2.75, 3.05) is 27.2 Å². The first-order chi connectivity index (χ1) is 7.81. The van der Waals surface area contributed by atoms with E-state index in [-0.39, 0.29) is 12.4 Å². The van der Waals surface area contributed by atoms with Crippen LogP contribution < -0.4 is 10.1 Å². The molecule has 1 aliphatic heterocycles. The summed E-state index contributed by atoms with van der Waals surface area (Å²) in [5, 5.41) is 3.39. The number of halogens is 1. The summed E-state index contributed by atoms with van der Waals surface area (Å²) in [6.07, 6.45) is 1.24. The van der Waals surface area contributed by atoms with Gasteiger partial charge in [-0.15, -0.1) is 12.4 Å². The molecule has 1 saturated heterocycles. The van der Waals surface area contributed by atoms with E-state index < -0.39 is 0 Å². The van der Waals surface area contributed by atoms with Crippen LogP contribution in [0, 0.1) is 0 Å². The number of nitrogens with one attached hydrogen (secondary N) is 1. The fraction of sp³-hybridized carbons (Fsp3) is 0.538. The number of nitrogens with zero attached hydrogens (tertiary/aromatic N) is 1. The molecular weight excluding hydrogens is 236 g/mol. The minimum absolute atomic E-state index is 0. The maximum Gasteiger partial charge on any atom is 0.123 e. The first kappa shape index (κ1) is 14.3. The Hall–Kier alpha value is -0.770. The van der Waals surface area contributed by atoms with Crippen LogP contribution in [0.25, 0.3) is 0 Å². The van der Waals surface area contributed by atoms with Crippen molar-refractivity contribution >= 4 is 12.4 Å². The maximum absolute atomic E-state index is 5.37. The van der Waals surface area contributed by atoms with E-state index in [1.807, 2.05) is 12.1 Å². The lowest BCUT2D eigenvalue weighted by Crippen LogP contribution is -2.32. The minimum atomic E-state index is 0. The molecule has 0 radical (unpaired) electrons. The largest absolute Gasteiger partial charge is 0.496 e. The standard InChI is InChI=1S/C13H20N2O.ClH/c1-15(12-7-8-14-9-12)10-11-5-3-4-6-13(11)16-2;/h3-6,12,14H,7-10H2,1-2H3;1H. The monoisotopic (exact) mass is 256 g/mol. The molecule has 1 aromatic carbocycles. The summed E-state index contributed by atoms with van der Waals surface area (Å²) >= 11 is 0. The summed E-state index contributed by atoms with van der Waals surface area (Å²) in [6.45, 7) is 3.20. The molecule has 0 aliphatic carbocycles. The molecule has 0 aromatic heterocycles. The summed E-state index contributed by atoms with van der Waals surface area (Å²) in [4.78, 5) is 2.40. The lowest BCUT2D eigenvalue weighted by atomic mass is 10.1. The van der Waals surface area contributed by atoms with E-state index in [1.54, 1.807) is 7.11 Å². The fourth-order valence-corrected chi connectivity index (χ4v) is 2.25. The summed E-state index contributed by atoms with van der Waals surface area (Å²) in [6, 6.07) is 8.90. The molecule has 1 N–H and O–H groups in total. The fourth-order valence-electron chi connectivity index (χ4n) is 2.25. The lowest BCUT2D eigenvalue weighted by Gasteiger charge is -2.24. The van der Waals surface area contributed by atoms with Crippen molar-refractivity contribution < 1.29 is 4.74 Å². The van der Waals surface area contributed by atoms with Crippen molar-refractivity contribution in [1.82, 2.24) is 10.2 Å². The van der Waals surface area contributed by atoms with Crippen LogP contribution in [-0.2, 0) is 6.54 Å². The van der Waals surface area contributed by atoms with Gasteiger partial charge in [0.1, 0.15) is 5.75 Å². The zero-order valence-corrected chi connectivity index (χ0v) is 11.3. The smallest absolute Gasteiger partial charge is 0.123 e. The third kappa shape index (κ3) is 3.60. The second-order valence-corrected chi connectivity index (χ2v) is 4.37. The maximum atomic E-state index is 5.37. The van der Waals surface area contributed by atoms with E-state index in [4.69, 9.17) is 4.74 Å². The Morgan fingerprint density at radius 3 is 2.82 bits per heavy atom. The highest BCUT2D eigenvalue weighted by Crippen LogP contribution is 2.20. The highest BCUT2D eigenvalue weighted by Gasteiger charge is 2.19. The van der Waals surface area contributed by atoms with Gasteiger partial charge in [-0.05, 0) is 26.1 Å². The number of likely N-dealkylation sites (N-methyl/N-ethyl adjacent to an activating group) is 1. The second kappa shape index (κ2) is 6.84. The zero-order valence-electron chi connectivity index (χ0n) is 10.5. The van der Waals surface area contributed by atoms with E-state index >= 15 is 0 Å². The molecule has 1 atom stereocenters. The Kier molecular flexibility index (Phi) is 5.75. The lowest BCUT2D eigenvalue weighted by molar-refractivity contribution is 0.245. The van der Waals surface area contributed by atoms with Gasteiger partial charge in [0.25, 0.3) is 0 Å². The van der Waals surface area contributed by atoms with E-state index in [0.29, 0.717) is 6.04 Å². The van der Waals surface area contributed by atoms with Gasteiger partial charge >= 0.3 is 0 Å². The van der Waals surface area contributed by atoms with Gasteiger partial charge in [-0.3, -0.25) is 4.90 Å². The number of benzene rings is 1. The number of hydrogen-bond acceptors (Lipinski definition) is 3. The van der Waals surface area contributed by atoms with Crippen LogP contribution in [0.4, 0.5) is 0 Å². The molecule has 96 valence electrons. The van der Waals surface area contributed by atoms with Crippen molar-refractivity contribution in [2.45, 2.75) is 19.0 Å². The van der Waals surface area contributed by atoms with Crippen molar-refractivity contribution in [3.8, 4) is 5.75 Å². The van der Waals surface area contributed by atoms with Gasteiger partial charge in [0.15, 0.2) is 0 Å². The Morgan fingerprint density at radius 1 is 1.41 bits per heavy atom. The molecule has 1 heterocycles. The first-order valence-electron chi connectivity index (χ1n) is 5.84. The molecule has 1 aromatic rings. The highest BCUT2D eigenvalue weighted by molar-refractivity contribution is 5.85. The van der Waals surface area contributed by atoms with Gasteiger partial charge in [-0.1, -0.05) is 18.2 Å². The third-order valence-electron chi connectivity index (χ3n) is 3.27. The molecule has 0 spiro atoms. The van der Waals surface area contributed by atoms with Crippen LogP contribution in [-0.4, -0.2) is 38.2 Å². The van der Waals surface area contributed by atoms with Gasteiger partial charge < -0.3 is 10.1 Å². The van der Waals surface area contributed by atoms with E-state index in [1.165, 1.54) is 12.0 Å². The SMILES string of the molecule is COc1ccccc1CN(C)C1CCNC1.Cl. The molecule has 0 bridgehead atoms. The number of hydrogen-bond donors (Lipinski definition) is 1. The van der Waals surface area contributed by atoms with Gasteiger partial charge in [0.05, 0.1) is 7.11 Å². The molecule has 1 fully saturated rings. The summed E-state index contributed by atoms with van der Waals surface area (Å²) in [5.74, 6) is 0.986. The van der Waals surface area contributed by atoms with Crippen LogP contribution in [0.2, 0.25) is 0 Å². The van der Waals surface area contributed by atoms with Gasteiger partial charge in [0, 0.05) is 24.7 Å². The van der Waals surface area contributed by atoms with Crippen molar-refractivity contribution in [3.05, 3.63) is 29.8 Å². The number of methoxy groups -OCH3 is 1. The van der Waals surface area contributed by atoms with Crippen molar-refractivity contribution in [1.29, 1.82) is 0 Å². The summed E-state index contributed by atoms with van der Waals surface area (Å²) in [5.41, 5.74) is 1.26. The quantitative estimate of drug-likeness (QED) is 0.891. The predicted molar refractivity (Wildman–Crippen MR) is 73.0 cm³/mol. The van der Waals surface area contributed by atoms with Crippen LogP contribution in [0.1, 0.15) is 12.0 Å². The molecule has 2 rings (SSSR count). The Bertz CT molecular complexity index is 340. The average Bonchev–Trinajstić information content (AvgIpc) is 2.83.